The summed E-state index contributed by atoms with van der Waals surface area (Å²) in [6.07, 6.45) is 0.705. The van der Waals surface area contributed by atoms with Gasteiger partial charge in [-0.25, -0.2) is 0 Å². The third-order valence-electron chi connectivity index (χ3n) is 8.13. The minimum absolute atomic E-state index is 0.0822. The van der Waals surface area contributed by atoms with Gasteiger partial charge in [-0.2, -0.15) is 0 Å². The van der Waals surface area contributed by atoms with Crippen LogP contribution in [0.5, 0.6) is 11.5 Å². The van der Waals surface area contributed by atoms with Crippen LogP contribution in [0.2, 0.25) is 0 Å². The summed E-state index contributed by atoms with van der Waals surface area (Å²) < 4.78 is 11.9. The minimum atomic E-state index is -0.723. The number of hydrogen-bond donors (Lipinski definition) is 1. The van der Waals surface area contributed by atoms with Crippen LogP contribution in [0, 0.1) is 0 Å². The first-order chi connectivity index (χ1) is 22.0. The standard InChI is InChI=1S/C38H40N2O5/c1-3-39(4-2)24-11-25-40-35(30-16-20-32(21-17-30)44-26-28-12-7-5-8-13-28)34(37(42)38(40)43)36(41)31-18-22-33(23-19-31)45-27-29-14-9-6-10-15-29/h5-10,12-23,35,41H,3-4,11,24-27H2,1-2H3/b36-34-. The molecule has 1 N–H and O–H groups in total. The van der Waals surface area contributed by atoms with Crippen molar-refractivity contribution < 1.29 is 24.2 Å². The molecule has 232 valence electrons. The molecule has 1 saturated heterocycles. The molecule has 0 aliphatic carbocycles. The van der Waals surface area contributed by atoms with Crippen molar-refractivity contribution in [1.82, 2.24) is 9.80 Å². The normalized spacial score (nSPS) is 15.9. The zero-order valence-corrected chi connectivity index (χ0v) is 25.9. The largest absolute Gasteiger partial charge is 0.507 e. The zero-order valence-electron chi connectivity index (χ0n) is 25.9. The lowest BCUT2D eigenvalue weighted by atomic mass is 9.95. The van der Waals surface area contributed by atoms with Gasteiger partial charge >= 0.3 is 0 Å². The molecule has 1 unspecified atom stereocenters. The first-order valence-electron chi connectivity index (χ1n) is 15.5. The molecule has 45 heavy (non-hydrogen) atoms. The molecule has 1 heterocycles. The highest BCUT2D eigenvalue weighted by Crippen LogP contribution is 2.40. The van der Waals surface area contributed by atoms with Crippen LogP contribution in [0.4, 0.5) is 0 Å². The number of carbonyl (C=O) groups is 2. The van der Waals surface area contributed by atoms with E-state index in [1.807, 2.05) is 84.9 Å². The Morgan fingerprint density at radius 1 is 0.733 bits per heavy atom. The van der Waals surface area contributed by atoms with Gasteiger partial charge in [-0.15, -0.1) is 0 Å². The van der Waals surface area contributed by atoms with Crippen molar-refractivity contribution in [2.75, 3.05) is 26.2 Å². The summed E-state index contributed by atoms with van der Waals surface area (Å²) in [5.41, 5.74) is 3.35. The van der Waals surface area contributed by atoms with E-state index in [0.29, 0.717) is 43.2 Å². The predicted octanol–water partition coefficient (Wildman–Crippen LogP) is 7.00. The molecule has 7 nitrogen and oxygen atoms in total. The summed E-state index contributed by atoms with van der Waals surface area (Å²) >= 11 is 0. The Bertz CT molecular complexity index is 1580. The van der Waals surface area contributed by atoms with Gasteiger partial charge in [-0.3, -0.25) is 9.59 Å². The maximum absolute atomic E-state index is 13.5. The van der Waals surface area contributed by atoms with Crippen LogP contribution in [0.15, 0.2) is 115 Å². The lowest BCUT2D eigenvalue weighted by molar-refractivity contribution is -0.140. The lowest BCUT2D eigenvalue weighted by Crippen LogP contribution is -2.33. The zero-order chi connectivity index (χ0) is 31.6. The van der Waals surface area contributed by atoms with Crippen molar-refractivity contribution in [2.45, 2.75) is 39.5 Å². The van der Waals surface area contributed by atoms with Crippen molar-refractivity contribution >= 4 is 17.4 Å². The van der Waals surface area contributed by atoms with E-state index < -0.39 is 17.7 Å². The molecule has 0 aromatic heterocycles. The van der Waals surface area contributed by atoms with E-state index in [9.17, 15) is 14.7 Å². The molecular formula is C38H40N2O5. The fourth-order valence-corrected chi connectivity index (χ4v) is 5.55. The van der Waals surface area contributed by atoms with Gasteiger partial charge in [0, 0.05) is 12.1 Å². The Kier molecular flexibility index (Phi) is 10.7. The van der Waals surface area contributed by atoms with Gasteiger partial charge in [-0.05, 0) is 79.1 Å². The number of nitrogens with zero attached hydrogens (tertiary/aromatic N) is 2. The molecule has 1 aliphatic rings. The monoisotopic (exact) mass is 604 g/mol. The summed E-state index contributed by atoms with van der Waals surface area (Å²) in [6, 6.07) is 33.4. The van der Waals surface area contributed by atoms with Crippen molar-refractivity contribution in [3.8, 4) is 11.5 Å². The molecule has 4 aromatic carbocycles. The number of carbonyl (C=O) groups excluding carboxylic acids is 2. The van der Waals surface area contributed by atoms with Crippen molar-refractivity contribution in [2.24, 2.45) is 0 Å². The summed E-state index contributed by atoms with van der Waals surface area (Å²) in [6.45, 7) is 8.07. The van der Waals surface area contributed by atoms with Gasteiger partial charge in [0.25, 0.3) is 11.7 Å². The van der Waals surface area contributed by atoms with Crippen molar-refractivity contribution in [3.63, 3.8) is 0 Å². The number of rotatable bonds is 14. The number of amides is 1. The number of Topliss-reactive ketones (excluding diaryl/α,β-unsaturated/α-hetero) is 1. The van der Waals surface area contributed by atoms with Gasteiger partial charge in [0.05, 0.1) is 11.6 Å². The molecule has 0 bridgehead atoms. The number of hydrogen-bond acceptors (Lipinski definition) is 6. The highest BCUT2D eigenvalue weighted by Gasteiger charge is 2.45. The number of aliphatic hydroxyl groups is 1. The number of benzene rings is 4. The van der Waals surface area contributed by atoms with Crippen molar-refractivity contribution in [3.05, 3.63) is 137 Å². The number of aliphatic hydroxyl groups excluding tert-OH is 1. The van der Waals surface area contributed by atoms with E-state index >= 15 is 0 Å². The van der Waals surface area contributed by atoms with Crippen LogP contribution in [0.1, 0.15) is 48.6 Å². The number of ether oxygens (including phenoxy) is 2. The maximum Gasteiger partial charge on any atom is 0.295 e. The second-order valence-corrected chi connectivity index (χ2v) is 11.0. The van der Waals surface area contributed by atoms with Gasteiger partial charge in [-0.1, -0.05) is 86.6 Å². The first kappa shape index (κ1) is 31.5. The lowest BCUT2D eigenvalue weighted by Gasteiger charge is -2.27. The number of likely N-dealkylation sites (tertiary alicyclic amines) is 1. The topological polar surface area (TPSA) is 79.3 Å². The van der Waals surface area contributed by atoms with Crippen LogP contribution >= 0.6 is 0 Å². The van der Waals surface area contributed by atoms with Gasteiger partial charge < -0.3 is 24.4 Å². The summed E-state index contributed by atoms with van der Waals surface area (Å²) in [5, 5.41) is 11.5. The van der Waals surface area contributed by atoms with Crippen LogP contribution in [-0.2, 0) is 22.8 Å². The molecular weight excluding hydrogens is 564 g/mol. The molecule has 5 rings (SSSR count). The van der Waals surface area contributed by atoms with E-state index in [0.717, 1.165) is 36.3 Å². The summed E-state index contributed by atoms with van der Waals surface area (Å²) in [7, 11) is 0. The Balaban J connectivity index is 1.40. The predicted molar refractivity (Wildman–Crippen MR) is 176 cm³/mol. The Morgan fingerprint density at radius 2 is 1.24 bits per heavy atom. The quantitative estimate of drug-likeness (QED) is 0.0949. The van der Waals surface area contributed by atoms with E-state index in [1.54, 1.807) is 29.2 Å². The average Bonchev–Trinajstić information content (AvgIpc) is 3.34. The fraction of sp³-hybridized carbons (Fsp3) is 0.263. The van der Waals surface area contributed by atoms with E-state index in [4.69, 9.17) is 9.47 Å². The van der Waals surface area contributed by atoms with E-state index in [2.05, 4.69) is 18.7 Å². The Hall–Kier alpha value is -4.88. The van der Waals surface area contributed by atoms with Crippen LogP contribution in [0.3, 0.4) is 0 Å². The molecule has 0 saturated carbocycles. The molecule has 0 radical (unpaired) electrons. The molecule has 0 spiro atoms. The molecule has 1 aliphatic heterocycles. The van der Waals surface area contributed by atoms with Crippen LogP contribution in [-0.4, -0.2) is 52.8 Å². The van der Waals surface area contributed by atoms with Gasteiger partial charge in [0.2, 0.25) is 0 Å². The van der Waals surface area contributed by atoms with Crippen LogP contribution < -0.4 is 9.47 Å². The number of ketones is 1. The summed E-state index contributed by atoms with van der Waals surface area (Å²) in [5.74, 6) is -0.187. The highest BCUT2D eigenvalue weighted by molar-refractivity contribution is 6.46. The third-order valence-corrected chi connectivity index (χ3v) is 8.13. The SMILES string of the molecule is CCN(CC)CCCN1C(=O)C(=O)/C(=C(\O)c2ccc(OCc3ccccc3)cc2)C1c1ccc(OCc2ccccc2)cc1. The molecule has 7 heteroatoms. The van der Waals surface area contributed by atoms with Crippen molar-refractivity contribution in [1.29, 1.82) is 0 Å². The molecule has 1 atom stereocenters. The van der Waals surface area contributed by atoms with E-state index in [1.165, 1.54) is 0 Å². The minimum Gasteiger partial charge on any atom is -0.507 e. The third kappa shape index (κ3) is 7.80. The van der Waals surface area contributed by atoms with Crippen LogP contribution in [0.25, 0.3) is 5.76 Å². The maximum atomic E-state index is 13.5. The van der Waals surface area contributed by atoms with Gasteiger partial charge in [0.1, 0.15) is 30.5 Å². The second-order valence-electron chi connectivity index (χ2n) is 11.0. The highest BCUT2D eigenvalue weighted by atomic mass is 16.5. The molecule has 1 fully saturated rings. The van der Waals surface area contributed by atoms with Gasteiger partial charge in [0.15, 0.2) is 0 Å². The fourth-order valence-electron chi connectivity index (χ4n) is 5.55. The smallest absolute Gasteiger partial charge is 0.295 e. The summed E-state index contributed by atoms with van der Waals surface area (Å²) in [4.78, 5) is 30.8. The Labute approximate surface area is 265 Å². The van der Waals surface area contributed by atoms with E-state index in [-0.39, 0.29) is 11.3 Å². The molecule has 1 amide bonds. The average molecular weight is 605 g/mol. The first-order valence-corrected chi connectivity index (χ1v) is 15.5. The second kappa shape index (κ2) is 15.2. The Morgan fingerprint density at radius 3 is 1.76 bits per heavy atom. The molecule has 4 aromatic rings.